The zero-order valence-corrected chi connectivity index (χ0v) is 14.9. The van der Waals surface area contributed by atoms with E-state index in [4.69, 9.17) is 16.1 Å². The lowest BCUT2D eigenvalue weighted by Crippen LogP contribution is -2.43. The summed E-state index contributed by atoms with van der Waals surface area (Å²) in [7, 11) is 0. The van der Waals surface area contributed by atoms with Gasteiger partial charge in [0.15, 0.2) is 5.82 Å². The van der Waals surface area contributed by atoms with Gasteiger partial charge in [-0.15, -0.1) is 0 Å². The Labute approximate surface area is 147 Å². The Morgan fingerprint density at radius 2 is 2.08 bits per heavy atom. The second-order valence-corrected chi connectivity index (χ2v) is 7.29. The van der Waals surface area contributed by atoms with Crippen molar-refractivity contribution >= 4 is 11.6 Å². The lowest BCUT2D eigenvalue weighted by atomic mass is 9.95. The van der Waals surface area contributed by atoms with E-state index in [9.17, 15) is 5.11 Å². The Morgan fingerprint density at radius 1 is 1.33 bits per heavy atom. The maximum Gasteiger partial charge on any atom is 0.229 e. The van der Waals surface area contributed by atoms with Crippen LogP contribution in [0.4, 0.5) is 0 Å². The fourth-order valence-corrected chi connectivity index (χ4v) is 3.44. The molecule has 24 heavy (non-hydrogen) atoms. The first kappa shape index (κ1) is 17.4. The van der Waals surface area contributed by atoms with E-state index in [-0.39, 0.29) is 11.5 Å². The summed E-state index contributed by atoms with van der Waals surface area (Å²) in [6.07, 6.45) is 3.51. The van der Waals surface area contributed by atoms with Gasteiger partial charge >= 0.3 is 0 Å². The van der Waals surface area contributed by atoms with E-state index in [2.05, 4.69) is 15.5 Å². The molecule has 0 saturated heterocycles. The van der Waals surface area contributed by atoms with E-state index in [0.29, 0.717) is 23.3 Å². The minimum absolute atomic E-state index is 0.210. The third-order valence-electron chi connectivity index (χ3n) is 4.69. The van der Waals surface area contributed by atoms with Crippen molar-refractivity contribution in [3.63, 3.8) is 0 Å². The van der Waals surface area contributed by atoms with Gasteiger partial charge in [-0.25, -0.2) is 0 Å². The van der Waals surface area contributed by atoms with Crippen LogP contribution in [0.3, 0.4) is 0 Å². The maximum absolute atomic E-state index is 10.5. The average Bonchev–Trinajstić information content (AvgIpc) is 3.22. The van der Waals surface area contributed by atoms with Gasteiger partial charge in [0.1, 0.15) is 0 Å². The lowest BCUT2D eigenvalue weighted by molar-refractivity contribution is 0.152. The van der Waals surface area contributed by atoms with Gasteiger partial charge in [-0.1, -0.05) is 55.6 Å². The zero-order valence-electron chi connectivity index (χ0n) is 14.1. The summed E-state index contributed by atoms with van der Waals surface area (Å²) in [4.78, 5) is 4.59. The molecule has 3 rings (SSSR count). The first-order valence-corrected chi connectivity index (χ1v) is 8.90. The van der Waals surface area contributed by atoms with Crippen molar-refractivity contribution in [1.29, 1.82) is 0 Å². The van der Waals surface area contributed by atoms with Gasteiger partial charge in [-0.2, -0.15) is 4.98 Å². The third-order valence-corrected chi connectivity index (χ3v) is 4.92. The first-order chi connectivity index (χ1) is 11.5. The molecule has 1 fully saturated rings. The number of hydrogen-bond donors (Lipinski definition) is 2. The van der Waals surface area contributed by atoms with Gasteiger partial charge in [-0.3, -0.25) is 0 Å². The first-order valence-electron chi connectivity index (χ1n) is 8.53. The molecule has 1 unspecified atom stereocenters. The molecule has 2 aromatic rings. The van der Waals surface area contributed by atoms with E-state index in [0.717, 1.165) is 31.2 Å². The number of aliphatic hydroxyl groups is 1. The van der Waals surface area contributed by atoms with Crippen LogP contribution in [0.15, 0.2) is 28.8 Å². The normalized spacial score (nSPS) is 18.2. The zero-order chi connectivity index (χ0) is 17.2. The molecule has 1 atom stereocenters. The molecule has 1 aliphatic rings. The van der Waals surface area contributed by atoms with Crippen molar-refractivity contribution in [3.8, 4) is 0 Å². The van der Waals surface area contributed by atoms with Gasteiger partial charge in [0.25, 0.3) is 0 Å². The summed E-state index contributed by atoms with van der Waals surface area (Å²) < 4.78 is 5.39. The number of nitrogens with one attached hydrogen (secondary N) is 1. The van der Waals surface area contributed by atoms with Crippen molar-refractivity contribution in [2.45, 2.75) is 57.1 Å². The summed E-state index contributed by atoms with van der Waals surface area (Å²) in [6, 6.07) is 7.32. The highest BCUT2D eigenvalue weighted by molar-refractivity contribution is 6.30. The molecule has 0 aliphatic heterocycles. The summed E-state index contributed by atoms with van der Waals surface area (Å²) in [6.45, 7) is 4.50. The Balaban J connectivity index is 1.74. The molecule has 0 radical (unpaired) electrons. The molecule has 0 bridgehead atoms. The van der Waals surface area contributed by atoms with Crippen LogP contribution in [0.25, 0.3) is 0 Å². The molecule has 1 aromatic carbocycles. The number of halogens is 1. The molecule has 5 nitrogen and oxygen atoms in total. The van der Waals surface area contributed by atoms with Crippen molar-refractivity contribution < 1.29 is 9.63 Å². The molecular formula is C18H24ClN3O2. The highest BCUT2D eigenvalue weighted by Crippen LogP contribution is 2.38. The molecular weight excluding hydrogens is 326 g/mol. The van der Waals surface area contributed by atoms with Crippen LogP contribution in [0.1, 0.15) is 68.8 Å². The van der Waals surface area contributed by atoms with Gasteiger partial charge in [0.2, 0.25) is 5.89 Å². The van der Waals surface area contributed by atoms with Crippen LogP contribution in [0, 0.1) is 0 Å². The minimum Gasteiger partial charge on any atom is -0.387 e. The fraction of sp³-hybridized carbons (Fsp3) is 0.556. The maximum atomic E-state index is 10.5. The van der Waals surface area contributed by atoms with Gasteiger partial charge < -0.3 is 14.9 Å². The Morgan fingerprint density at radius 3 is 2.71 bits per heavy atom. The Kier molecular flexibility index (Phi) is 5.23. The van der Waals surface area contributed by atoms with Gasteiger partial charge in [0.05, 0.1) is 11.6 Å². The predicted octanol–water partition coefficient (Wildman–Crippen LogP) is 3.94. The third kappa shape index (κ3) is 3.63. The highest BCUT2D eigenvalue weighted by atomic mass is 35.5. The largest absolute Gasteiger partial charge is 0.387 e. The molecule has 1 heterocycles. The number of hydrogen-bond acceptors (Lipinski definition) is 5. The van der Waals surface area contributed by atoms with E-state index in [1.54, 1.807) is 12.1 Å². The molecule has 1 saturated carbocycles. The number of rotatable bonds is 6. The van der Waals surface area contributed by atoms with Crippen molar-refractivity contribution in [2.24, 2.45) is 0 Å². The smallest absolute Gasteiger partial charge is 0.229 e. The second kappa shape index (κ2) is 7.21. The Hall–Kier alpha value is -1.43. The SMILES string of the molecule is CC(C)c1nc(C2(NCC(O)c3cccc(Cl)c3)CCCC2)no1. The Bertz CT molecular complexity index is 680. The van der Waals surface area contributed by atoms with Crippen LogP contribution in [-0.4, -0.2) is 21.8 Å². The van der Waals surface area contributed by atoms with Crippen LogP contribution in [-0.2, 0) is 5.54 Å². The van der Waals surface area contributed by atoms with Crippen molar-refractivity contribution in [1.82, 2.24) is 15.5 Å². The summed E-state index contributed by atoms with van der Waals surface area (Å²) in [5.41, 5.74) is 0.495. The predicted molar refractivity (Wildman–Crippen MR) is 92.9 cm³/mol. The van der Waals surface area contributed by atoms with E-state index in [1.165, 1.54) is 0 Å². The minimum atomic E-state index is -0.627. The number of aliphatic hydroxyl groups excluding tert-OH is 1. The van der Waals surface area contributed by atoms with Crippen LogP contribution < -0.4 is 5.32 Å². The lowest BCUT2D eigenvalue weighted by Gasteiger charge is -2.28. The molecule has 1 aliphatic carbocycles. The molecule has 0 amide bonds. The van der Waals surface area contributed by atoms with Crippen LogP contribution in [0.2, 0.25) is 5.02 Å². The molecule has 130 valence electrons. The summed E-state index contributed by atoms with van der Waals surface area (Å²) >= 11 is 6.01. The monoisotopic (exact) mass is 349 g/mol. The summed E-state index contributed by atoms with van der Waals surface area (Å²) in [5.74, 6) is 1.58. The molecule has 2 N–H and O–H groups in total. The van der Waals surface area contributed by atoms with Gasteiger partial charge in [0, 0.05) is 17.5 Å². The average molecular weight is 350 g/mol. The van der Waals surface area contributed by atoms with E-state index in [1.807, 2.05) is 26.0 Å². The standard InChI is InChI=1S/C18H24ClN3O2/c1-12(2)16-21-17(22-24-16)18(8-3-4-9-18)20-11-15(23)13-6-5-7-14(19)10-13/h5-7,10,12,15,20,23H,3-4,8-9,11H2,1-2H3. The van der Waals surface area contributed by atoms with Crippen LogP contribution in [0.5, 0.6) is 0 Å². The quantitative estimate of drug-likeness (QED) is 0.826. The van der Waals surface area contributed by atoms with E-state index < -0.39 is 6.10 Å². The number of aromatic nitrogens is 2. The summed E-state index contributed by atoms with van der Waals surface area (Å²) in [5, 5.41) is 18.8. The number of benzene rings is 1. The molecule has 6 heteroatoms. The second-order valence-electron chi connectivity index (χ2n) is 6.85. The highest BCUT2D eigenvalue weighted by Gasteiger charge is 2.40. The van der Waals surface area contributed by atoms with Crippen LogP contribution >= 0.6 is 11.6 Å². The van der Waals surface area contributed by atoms with Crippen molar-refractivity contribution in [2.75, 3.05) is 6.54 Å². The van der Waals surface area contributed by atoms with Crippen molar-refractivity contribution in [3.05, 3.63) is 46.6 Å². The number of nitrogens with zero attached hydrogens (tertiary/aromatic N) is 2. The fourth-order valence-electron chi connectivity index (χ4n) is 3.25. The van der Waals surface area contributed by atoms with E-state index >= 15 is 0 Å². The topological polar surface area (TPSA) is 71.2 Å². The van der Waals surface area contributed by atoms with Gasteiger partial charge in [-0.05, 0) is 30.5 Å². The molecule has 0 spiro atoms. The molecule has 1 aromatic heterocycles.